The predicted molar refractivity (Wildman–Crippen MR) is 252 cm³/mol. The zero-order valence-corrected chi connectivity index (χ0v) is 37.0. The Labute approximate surface area is 370 Å². The molecule has 6 aromatic rings. The molecule has 3 heterocycles. The SMILES string of the molecule is C=C(Nc1ccc2nc(C(=O)N3CC(CCl)c4c3cc(OC(=C)N(CCCCCO)CCN(C)C(=O)CCc3ccc(C)cc3)c3cccc(C)c43)cn2c1)c1ccc(C)cc1. The van der Waals surface area contributed by atoms with Crippen LogP contribution in [0.2, 0.25) is 0 Å². The summed E-state index contributed by atoms with van der Waals surface area (Å²) < 4.78 is 8.59. The molecular formula is C51H57ClN6O4. The van der Waals surface area contributed by atoms with Crippen LogP contribution in [-0.4, -0.2) is 81.8 Å². The van der Waals surface area contributed by atoms with Gasteiger partial charge < -0.3 is 34.3 Å². The number of alkyl halides is 1. The number of imidazole rings is 1. The van der Waals surface area contributed by atoms with Crippen molar-refractivity contribution < 1.29 is 19.4 Å². The summed E-state index contributed by atoms with van der Waals surface area (Å²) in [4.78, 5) is 38.1. The van der Waals surface area contributed by atoms with Gasteiger partial charge in [0.2, 0.25) is 5.91 Å². The third-order valence-corrected chi connectivity index (χ3v) is 12.2. The zero-order chi connectivity index (χ0) is 43.9. The Hall–Kier alpha value is -6.10. The first-order valence-corrected chi connectivity index (χ1v) is 21.9. The molecule has 1 unspecified atom stereocenters. The number of anilines is 2. The van der Waals surface area contributed by atoms with Crippen LogP contribution in [0.5, 0.6) is 5.75 Å². The summed E-state index contributed by atoms with van der Waals surface area (Å²) >= 11 is 6.69. The van der Waals surface area contributed by atoms with Gasteiger partial charge >= 0.3 is 0 Å². The fourth-order valence-corrected chi connectivity index (χ4v) is 8.38. The molecule has 0 bridgehead atoms. The molecule has 0 fully saturated rings. The number of nitrogens with zero attached hydrogens (tertiary/aromatic N) is 5. The number of rotatable bonds is 19. The van der Waals surface area contributed by atoms with E-state index in [-0.39, 0.29) is 24.3 Å². The number of carbonyl (C=O) groups is 2. The Morgan fingerprint density at radius 2 is 1.66 bits per heavy atom. The topological polar surface area (TPSA) is 103 Å². The van der Waals surface area contributed by atoms with Gasteiger partial charge in [0, 0.05) is 87.6 Å². The Balaban J connectivity index is 1.12. The molecule has 0 saturated carbocycles. The molecule has 0 saturated heterocycles. The van der Waals surface area contributed by atoms with Gasteiger partial charge in [-0.1, -0.05) is 84.4 Å². The summed E-state index contributed by atoms with van der Waals surface area (Å²) in [5, 5.41) is 14.7. The summed E-state index contributed by atoms with van der Waals surface area (Å²) in [7, 11) is 1.84. The first-order chi connectivity index (χ1) is 29.9. The van der Waals surface area contributed by atoms with Gasteiger partial charge in [0.1, 0.15) is 17.1 Å². The van der Waals surface area contributed by atoms with Gasteiger partial charge in [-0.2, -0.15) is 0 Å². The van der Waals surface area contributed by atoms with Crippen LogP contribution in [0.4, 0.5) is 11.4 Å². The maximum absolute atomic E-state index is 14.6. The van der Waals surface area contributed by atoms with E-state index >= 15 is 0 Å². The maximum atomic E-state index is 14.6. The number of aryl methyl sites for hydroxylation is 4. The van der Waals surface area contributed by atoms with E-state index in [1.165, 1.54) is 11.1 Å². The zero-order valence-electron chi connectivity index (χ0n) is 36.3. The fraction of sp³-hybridized carbons (Fsp3) is 0.314. The number of aliphatic hydroxyl groups is 1. The Kier molecular flexibility index (Phi) is 14.0. The molecule has 2 N–H and O–H groups in total. The van der Waals surface area contributed by atoms with E-state index in [1.807, 2.05) is 60.1 Å². The van der Waals surface area contributed by atoms with E-state index in [1.54, 1.807) is 16.0 Å². The number of aliphatic hydroxyl groups excluding tert-OH is 1. The lowest BCUT2D eigenvalue weighted by Crippen LogP contribution is -2.37. The van der Waals surface area contributed by atoms with Crippen LogP contribution < -0.4 is 15.0 Å². The number of likely N-dealkylation sites (N-methyl/N-ethyl adjacent to an activating group) is 1. The van der Waals surface area contributed by atoms with Crippen molar-refractivity contribution in [3.63, 3.8) is 0 Å². The third-order valence-electron chi connectivity index (χ3n) is 11.8. The summed E-state index contributed by atoms with van der Waals surface area (Å²) in [6, 6.07) is 28.3. The van der Waals surface area contributed by atoms with E-state index in [0.29, 0.717) is 74.3 Å². The van der Waals surface area contributed by atoms with Crippen molar-refractivity contribution >= 4 is 56.9 Å². The Morgan fingerprint density at radius 1 is 0.919 bits per heavy atom. The predicted octanol–water partition coefficient (Wildman–Crippen LogP) is 9.88. The number of pyridine rings is 1. The van der Waals surface area contributed by atoms with Crippen LogP contribution in [0, 0.1) is 20.8 Å². The third kappa shape index (κ3) is 9.99. The number of nitrogens with one attached hydrogen (secondary N) is 1. The number of aromatic nitrogens is 2. The van der Waals surface area contributed by atoms with Gasteiger partial charge in [-0.3, -0.25) is 9.59 Å². The number of amides is 2. The second-order valence-corrected chi connectivity index (χ2v) is 16.7. The monoisotopic (exact) mass is 852 g/mol. The quantitative estimate of drug-likeness (QED) is 0.0475. The van der Waals surface area contributed by atoms with Gasteiger partial charge in [0.05, 0.1) is 11.4 Å². The number of hydrogen-bond acceptors (Lipinski definition) is 7. The van der Waals surface area contributed by atoms with Gasteiger partial charge in [-0.15, -0.1) is 11.6 Å². The number of halogens is 1. The highest BCUT2D eigenvalue weighted by molar-refractivity contribution is 6.19. The molecule has 7 rings (SSSR count). The second kappa shape index (κ2) is 19.7. The number of hydrogen-bond donors (Lipinski definition) is 2. The molecular weight excluding hydrogens is 796 g/mol. The van der Waals surface area contributed by atoms with Gasteiger partial charge in [-0.25, -0.2) is 4.98 Å². The lowest BCUT2D eigenvalue weighted by Gasteiger charge is -2.29. The molecule has 10 nitrogen and oxygen atoms in total. The molecule has 11 heteroatoms. The number of fused-ring (bicyclic) bond motifs is 4. The fourth-order valence-electron chi connectivity index (χ4n) is 8.13. The smallest absolute Gasteiger partial charge is 0.278 e. The molecule has 1 atom stereocenters. The Bertz CT molecular complexity index is 2580. The first-order valence-electron chi connectivity index (χ1n) is 21.4. The maximum Gasteiger partial charge on any atom is 0.278 e. The van der Waals surface area contributed by atoms with Crippen molar-refractivity contribution in [3.8, 4) is 5.75 Å². The van der Waals surface area contributed by atoms with Crippen LogP contribution in [0.25, 0.3) is 22.1 Å². The lowest BCUT2D eigenvalue weighted by atomic mass is 9.92. The highest BCUT2D eigenvalue weighted by atomic mass is 35.5. The number of benzene rings is 4. The molecule has 2 amide bonds. The molecule has 4 aromatic carbocycles. The van der Waals surface area contributed by atoms with Crippen LogP contribution in [0.15, 0.2) is 116 Å². The lowest BCUT2D eigenvalue weighted by molar-refractivity contribution is -0.130. The molecule has 1 aliphatic heterocycles. The van der Waals surface area contributed by atoms with Crippen molar-refractivity contribution in [3.05, 3.63) is 155 Å². The molecule has 0 aliphatic carbocycles. The van der Waals surface area contributed by atoms with Crippen molar-refractivity contribution in [2.24, 2.45) is 0 Å². The first kappa shape index (κ1) is 44.0. The second-order valence-electron chi connectivity index (χ2n) is 16.4. The van der Waals surface area contributed by atoms with Crippen molar-refractivity contribution in [1.29, 1.82) is 0 Å². The van der Waals surface area contributed by atoms with Crippen molar-refractivity contribution in [2.45, 2.75) is 58.8 Å². The standard InChI is InChI=1S/C51H57ClN6O4/c1-34-13-17-39(18-14-34)19-24-48(60)55(6)26-27-56(25-8-7-9-28-59)38(5)62-46-29-45-50(49-36(3)11-10-12-43(46)49)41(30-52)31-58(45)51(61)44-33-57-32-42(22-23-47(57)54-44)53-37(4)40-20-15-35(2)16-21-40/h10-18,20-23,29,32-33,41,53,59H,4-5,7-9,19,24-28,30-31H2,1-3,6H3. The average molecular weight is 854 g/mol. The van der Waals surface area contributed by atoms with E-state index in [0.717, 1.165) is 62.9 Å². The van der Waals surface area contributed by atoms with Crippen molar-refractivity contribution in [2.75, 3.05) is 55.9 Å². The van der Waals surface area contributed by atoms with Crippen LogP contribution >= 0.6 is 11.6 Å². The van der Waals surface area contributed by atoms with E-state index in [2.05, 4.69) is 86.6 Å². The molecule has 322 valence electrons. The van der Waals surface area contributed by atoms with Crippen LogP contribution in [-0.2, 0) is 11.2 Å². The minimum Gasteiger partial charge on any atom is -0.441 e. The van der Waals surface area contributed by atoms with Gasteiger partial charge in [-0.05, 0) is 92.8 Å². The summed E-state index contributed by atoms with van der Waals surface area (Å²) in [6.07, 6.45) is 7.12. The summed E-state index contributed by atoms with van der Waals surface area (Å²) in [6.45, 7) is 17.0. The number of ether oxygens (including phenoxy) is 1. The van der Waals surface area contributed by atoms with Crippen LogP contribution in [0.3, 0.4) is 0 Å². The van der Waals surface area contributed by atoms with Crippen LogP contribution in [0.1, 0.15) is 75.5 Å². The largest absolute Gasteiger partial charge is 0.441 e. The number of unbranched alkanes of at least 4 members (excludes halogenated alkanes) is 2. The molecule has 1 aliphatic rings. The molecule has 62 heavy (non-hydrogen) atoms. The van der Waals surface area contributed by atoms with Crippen molar-refractivity contribution in [1.82, 2.24) is 19.2 Å². The minimum absolute atomic E-state index is 0.0720. The summed E-state index contributed by atoms with van der Waals surface area (Å²) in [5.41, 5.74) is 9.82. The average Bonchev–Trinajstić information content (AvgIpc) is 3.87. The Morgan fingerprint density at radius 3 is 2.39 bits per heavy atom. The van der Waals surface area contributed by atoms with E-state index < -0.39 is 0 Å². The van der Waals surface area contributed by atoms with Gasteiger partial charge in [0.25, 0.3) is 5.91 Å². The van der Waals surface area contributed by atoms with E-state index in [9.17, 15) is 14.7 Å². The summed E-state index contributed by atoms with van der Waals surface area (Å²) in [5.74, 6) is 1.07. The molecule has 0 spiro atoms. The molecule has 2 aromatic heterocycles. The highest BCUT2D eigenvalue weighted by Gasteiger charge is 2.36. The normalized spacial score (nSPS) is 13.3. The van der Waals surface area contributed by atoms with Gasteiger partial charge in [0.15, 0.2) is 5.88 Å². The number of carbonyl (C=O) groups excluding carboxylic acids is 2. The minimum atomic E-state index is -0.237. The molecule has 0 radical (unpaired) electrons. The van der Waals surface area contributed by atoms with E-state index in [4.69, 9.17) is 21.3 Å². The highest BCUT2D eigenvalue weighted by Crippen LogP contribution is 2.47.